The molecule has 25 heavy (non-hydrogen) atoms. The van der Waals surface area contributed by atoms with Gasteiger partial charge in [0.15, 0.2) is 0 Å². The van der Waals surface area contributed by atoms with Gasteiger partial charge in [0.2, 0.25) is 0 Å². The van der Waals surface area contributed by atoms with Gasteiger partial charge in [0, 0.05) is 38.4 Å². The van der Waals surface area contributed by atoms with E-state index in [0.29, 0.717) is 12.2 Å². The molecule has 1 aliphatic heterocycles. The van der Waals surface area contributed by atoms with Crippen molar-refractivity contribution in [2.75, 3.05) is 37.7 Å². The average molecular weight is 334 g/mol. The number of piperazine rings is 1. The van der Waals surface area contributed by atoms with E-state index in [-0.39, 0.29) is 5.97 Å². The van der Waals surface area contributed by atoms with Crippen LogP contribution in [0.3, 0.4) is 0 Å². The smallest absolute Gasteiger partial charge is 0.338 e. The van der Waals surface area contributed by atoms with E-state index in [4.69, 9.17) is 12.6 Å². The first kappa shape index (κ1) is 17.6. The first-order valence-corrected chi connectivity index (χ1v) is 8.75. The Hall–Kier alpha value is -2.27. The van der Waals surface area contributed by atoms with E-state index in [1.165, 1.54) is 5.56 Å². The molecule has 2 aromatic rings. The molecule has 1 heterocycles. The number of nitrogens with zero attached hydrogens (tertiary/aromatic N) is 2. The van der Waals surface area contributed by atoms with E-state index in [1.54, 1.807) is 0 Å². The van der Waals surface area contributed by atoms with Crippen molar-refractivity contribution in [2.24, 2.45) is 0 Å². The van der Waals surface area contributed by atoms with Crippen molar-refractivity contribution >= 4 is 25.0 Å². The van der Waals surface area contributed by atoms with Gasteiger partial charge in [-0.1, -0.05) is 29.7 Å². The molecule has 0 bridgehead atoms. The third-order valence-corrected chi connectivity index (χ3v) is 4.56. The fraction of sp³-hybridized carbons (Fsp3) is 0.350. The molecule has 1 aliphatic rings. The Morgan fingerprint density at radius 1 is 1.04 bits per heavy atom. The highest BCUT2D eigenvalue weighted by Gasteiger charge is 2.18. The molecule has 1 saturated heterocycles. The van der Waals surface area contributed by atoms with Crippen LogP contribution in [0, 0.1) is 0 Å². The molecule has 1 fully saturated rings. The summed E-state index contributed by atoms with van der Waals surface area (Å²) in [4.78, 5) is 16.5. The van der Waals surface area contributed by atoms with Gasteiger partial charge in [-0.2, -0.15) is 0 Å². The normalized spacial score (nSPS) is 15.2. The predicted molar refractivity (Wildman–Crippen MR) is 102 cm³/mol. The molecule has 0 aliphatic carbocycles. The van der Waals surface area contributed by atoms with Crippen LogP contribution < -0.4 is 10.4 Å². The van der Waals surface area contributed by atoms with Crippen molar-refractivity contribution in [3.8, 4) is 0 Å². The molecule has 0 atom stereocenters. The Balaban J connectivity index is 1.55. The van der Waals surface area contributed by atoms with Gasteiger partial charge >= 0.3 is 5.97 Å². The van der Waals surface area contributed by atoms with Crippen LogP contribution in [0.4, 0.5) is 5.69 Å². The van der Waals surface area contributed by atoms with Crippen LogP contribution in [0.2, 0.25) is 0 Å². The Morgan fingerprint density at radius 2 is 1.72 bits per heavy atom. The van der Waals surface area contributed by atoms with Gasteiger partial charge in [0.25, 0.3) is 0 Å². The van der Waals surface area contributed by atoms with Crippen molar-refractivity contribution in [1.82, 2.24) is 4.90 Å². The second kappa shape index (κ2) is 8.21. The lowest BCUT2D eigenvalue weighted by atomic mass is 9.90. The summed E-state index contributed by atoms with van der Waals surface area (Å²) in [6.07, 6.45) is 0. The molecular formula is C20H23BN2O2. The molecule has 3 rings (SSSR count). The number of hydrogen-bond donors (Lipinski definition) is 0. The second-order valence-electron chi connectivity index (χ2n) is 6.23. The van der Waals surface area contributed by atoms with Crippen molar-refractivity contribution in [3.05, 3.63) is 59.7 Å². The zero-order chi connectivity index (χ0) is 17.6. The molecule has 0 spiro atoms. The number of ether oxygens (including phenoxy) is 1. The Kier molecular flexibility index (Phi) is 5.77. The van der Waals surface area contributed by atoms with Gasteiger partial charge in [0.1, 0.15) is 7.85 Å². The standard InChI is InChI=1S/C20H23BN2O2/c1-2-25-20(24)16-7-9-18(10-8-16)23-13-11-22(12-14-23)15-17-5-3-4-6-19(17)21/h3-10H,2,11-15H2,1H3. The van der Waals surface area contributed by atoms with Gasteiger partial charge in [-0.25, -0.2) is 4.79 Å². The second-order valence-corrected chi connectivity index (χ2v) is 6.23. The Labute approximate surface area is 150 Å². The first-order chi connectivity index (χ1) is 12.2. The van der Waals surface area contributed by atoms with E-state index in [1.807, 2.05) is 49.4 Å². The first-order valence-electron chi connectivity index (χ1n) is 8.75. The van der Waals surface area contributed by atoms with E-state index in [0.717, 1.165) is 43.9 Å². The van der Waals surface area contributed by atoms with Gasteiger partial charge in [0.05, 0.1) is 12.2 Å². The third-order valence-electron chi connectivity index (χ3n) is 4.56. The highest BCUT2D eigenvalue weighted by atomic mass is 16.5. The summed E-state index contributed by atoms with van der Waals surface area (Å²) in [5, 5.41) is 0. The van der Waals surface area contributed by atoms with Crippen LogP contribution in [-0.2, 0) is 11.3 Å². The summed E-state index contributed by atoms with van der Waals surface area (Å²) in [5.74, 6) is -0.265. The topological polar surface area (TPSA) is 32.8 Å². The molecule has 128 valence electrons. The zero-order valence-electron chi connectivity index (χ0n) is 14.6. The molecule has 0 unspecified atom stereocenters. The fourth-order valence-corrected chi connectivity index (χ4v) is 3.11. The van der Waals surface area contributed by atoms with E-state index in [2.05, 4.69) is 15.9 Å². The average Bonchev–Trinajstić information content (AvgIpc) is 2.65. The van der Waals surface area contributed by atoms with Crippen molar-refractivity contribution < 1.29 is 9.53 Å². The van der Waals surface area contributed by atoms with Crippen molar-refractivity contribution in [3.63, 3.8) is 0 Å². The largest absolute Gasteiger partial charge is 0.462 e. The maximum atomic E-state index is 11.7. The monoisotopic (exact) mass is 334 g/mol. The Bertz CT molecular complexity index is 710. The molecule has 2 aromatic carbocycles. The minimum absolute atomic E-state index is 0.265. The van der Waals surface area contributed by atoms with Gasteiger partial charge < -0.3 is 9.64 Å². The highest BCUT2D eigenvalue weighted by molar-refractivity contribution is 6.33. The van der Waals surface area contributed by atoms with Crippen molar-refractivity contribution in [1.29, 1.82) is 0 Å². The fourth-order valence-electron chi connectivity index (χ4n) is 3.11. The Morgan fingerprint density at radius 3 is 2.36 bits per heavy atom. The molecule has 0 N–H and O–H groups in total. The minimum atomic E-state index is -0.265. The van der Waals surface area contributed by atoms with Crippen LogP contribution in [0.15, 0.2) is 48.5 Å². The van der Waals surface area contributed by atoms with Crippen molar-refractivity contribution in [2.45, 2.75) is 13.5 Å². The number of anilines is 1. The highest BCUT2D eigenvalue weighted by Crippen LogP contribution is 2.18. The van der Waals surface area contributed by atoms with E-state index >= 15 is 0 Å². The van der Waals surface area contributed by atoms with Crippen LogP contribution >= 0.6 is 0 Å². The SMILES string of the molecule is [B]c1ccccc1CN1CCN(c2ccc(C(=O)OCC)cc2)CC1. The van der Waals surface area contributed by atoms with Crippen LogP contribution in [-0.4, -0.2) is 51.5 Å². The molecule has 0 amide bonds. The summed E-state index contributed by atoms with van der Waals surface area (Å²) in [6.45, 7) is 7.02. The lowest BCUT2D eigenvalue weighted by Gasteiger charge is -2.36. The molecule has 4 nitrogen and oxygen atoms in total. The number of hydrogen-bond acceptors (Lipinski definition) is 4. The number of rotatable bonds is 5. The van der Waals surface area contributed by atoms with Crippen LogP contribution in [0.5, 0.6) is 0 Å². The summed E-state index contributed by atoms with van der Waals surface area (Å²) < 4.78 is 5.02. The summed E-state index contributed by atoms with van der Waals surface area (Å²) in [7, 11) is 6.04. The zero-order valence-corrected chi connectivity index (χ0v) is 14.6. The van der Waals surface area contributed by atoms with Gasteiger partial charge in [-0.15, -0.1) is 0 Å². The molecule has 2 radical (unpaired) electrons. The maximum absolute atomic E-state index is 11.7. The van der Waals surface area contributed by atoms with Crippen LogP contribution in [0.1, 0.15) is 22.8 Å². The van der Waals surface area contributed by atoms with Crippen LogP contribution in [0.25, 0.3) is 0 Å². The van der Waals surface area contributed by atoms with Gasteiger partial charge in [-0.05, 0) is 36.8 Å². The lowest BCUT2D eigenvalue weighted by Crippen LogP contribution is -2.46. The number of benzene rings is 2. The molecule has 5 heteroatoms. The summed E-state index contributed by atoms with van der Waals surface area (Å²) >= 11 is 0. The number of carbonyl (C=O) groups is 1. The van der Waals surface area contributed by atoms with E-state index in [9.17, 15) is 4.79 Å². The quantitative estimate of drug-likeness (QED) is 0.618. The maximum Gasteiger partial charge on any atom is 0.338 e. The molecule has 0 saturated carbocycles. The molecular weight excluding hydrogens is 311 g/mol. The summed E-state index contributed by atoms with van der Waals surface area (Å²) in [6, 6.07) is 15.7. The number of esters is 1. The molecule has 0 aromatic heterocycles. The van der Waals surface area contributed by atoms with E-state index < -0.39 is 0 Å². The lowest BCUT2D eigenvalue weighted by molar-refractivity contribution is 0.0526. The number of carbonyl (C=O) groups excluding carboxylic acids is 1. The van der Waals surface area contributed by atoms with Gasteiger partial charge in [-0.3, -0.25) is 4.90 Å². The predicted octanol–water partition coefficient (Wildman–Crippen LogP) is 1.98. The summed E-state index contributed by atoms with van der Waals surface area (Å²) in [5.41, 5.74) is 3.80. The third kappa shape index (κ3) is 4.43. The minimum Gasteiger partial charge on any atom is -0.462 e.